The molecule has 0 bridgehead atoms. The highest BCUT2D eigenvalue weighted by atomic mass is 35.5. The Kier molecular flexibility index (Phi) is 8.95. The number of nitrogens with zero attached hydrogens (tertiary/aromatic N) is 1. The maximum Gasteiger partial charge on any atom is 0.343 e. The molecule has 12 heteroatoms. The SMILES string of the molecule is COc1cc(/C=N\NC(=O)C(=O)Nc2cc(Cl)ccc2Cl)ccc1OC(=O)c1ccc(Cl)c(Cl)c1. The highest BCUT2D eigenvalue weighted by Gasteiger charge is 2.16. The van der Waals surface area contributed by atoms with Gasteiger partial charge in [0.25, 0.3) is 0 Å². The first kappa shape index (κ1) is 26.3. The van der Waals surface area contributed by atoms with Gasteiger partial charge in [-0.1, -0.05) is 46.4 Å². The number of hydrogen-bond donors (Lipinski definition) is 2. The van der Waals surface area contributed by atoms with Gasteiger partial charge in [-0.3, -0.25) is 9.59 Å². The molecule has 180 valence electrons. The number of ether oxygens (including phenoxy) is 2. The van der Waals surface area contributed by atoms with Crippen molar-refractivity contribution in [2.75, 3.05) is 12.4 Å². The third-order valence-electron chi connectivity index (χ3n) is 4.31. The molecule has 0 aliphatic rings. The largest absolute Gasteiger partial charge is 0.493 e. The van der Waals surface area contributed by atoms with Gasteiger partial charge in [-0.25, -0.2) is 10.2 Å². The molecule has 8 nitrogen and oxygen atoms in total. The summed E-state index contributed by atoms with van der Waals surface area (Å²) in [6.07, 6.45) is 1.27. The monoisotopic (exact) mass is 553 g/mol. The van der Waals surface area contributed by atoms with Gasteiger partial charge in [-0.05, 0) is 60.2 Å². The van der Waals surface area contributed by atoms with Gasteiger partial charge >= 0.3 is 17.8 Å². The Morgan fingerprint density at radius 1 is 0.829 bits per heavy atom. The summed E-state index contributed by atoms with van der Waals surface area (Å²) < 4.78 is 10.6. The molecule has 0 spiro atoms. The fourth-order valence-corrected chi connectivity index (χ4v) is 3.25. The molecule has 3 aromatic rings. The third kappa shape index (κ3) is 7.10. The summed E-state index contributed by atoms with van der Waals surface area (Å²) in [7, 11) is 1.39. The number of amides is 2. The summed E-state index contributed by atoms with van der Waals surface area (Å²) in [5.41, 5.74) is 2.96. The summed E-state index contributed by atoms with van der Waals surface area (Å²) in [5, 5.41) is 7.15. The van der Waals surface area contributed by atoms with Crippen LogP contribution in [-0.4, -0.2) is 31.1 Å². The van der Waals surface area contributed by atoms with Crippen molar-refractivity contribution in [3.8, 4) is 11.5 Å². The number of hydrazone groups is 1. The van der Waals surface area contributed by atoms with Crippen LogP contribution in [0.3, 0.4) is 0 Å². The molecule has 0 aliphatic carbocycles. The fourth-order valence-electron chi connectivity index (χ4n) is 2.62. The minimum Gasteiger partial charge on any atom is -0.493 e. The van der Waals surface area contributed by atoms with Crippen LogP contribution in [-0.2, 0) is 9.59 Å². The van der Waals surface area contributed by atoms with Gasteiger partial charge in [-0.15, -0.1) is 0 Å². The fraction of sp³-hybridized carbons (Fsp3) is 0.0435. The van der Waals surface area contributed by atoms with Crippen LogP contribution in [0, 0.1) is 0 Å². The number of anilines is 1. The van der Waals surface area contributed by atoms with Crippen molar-refractivity contribution >= 4 is 76.1 Å². The van der Waals surface area contributed by atoms with Gasteiger partial charge < -0.3 is 14.8 Å². The number of halogens is 4. The molecule has 0 aromatic heterocycles. The Balaban J connectivity index is 1.63. The van der Waals surface area contributed by atoms with Gasteiger partial charge in [0.1, 0.15) is 0 Å². The molecule has 0 atom stereocenters. The van der Waals surface area contributed by atoms with Gasteiger partial charge in [0.15, 0.2) is 11.5 Å². The van der Waals surface area contributed by atoms with Gasteiger partial charge in [0.05, 0.1) is 39.6 Å². The van der Waals surface area contributed by atoms with E-state index in [1.165, 1.54) is 61.9 Å². The summed E-state index contributed by atoms with van der Waals surface area (Å²) in [4.78, 5) is 36.4. The molecule has 0 radical (unpaired) electrons. The topological polar surface area (TPSA) is 106 Å². The quantitative estimate of drug-likeness (QED) is 0.135. The first-order valence-corrected chi connectivity index (χ1v) is 11.1. The molecule has 3 rings (SSSR count). The first-order valence-electron chi connectivity index (χ1n) is 9.62. The number of nitrogens with one attached hydrogen (secondary N) is 2. The minimum absolute atomic E-state index is 0.141. The molecule has 3 aromatic carbocycles. The molecule has 0 heterocycles. The molecule has 0 saturated carbocycles. The Morgan fingerprint density at radius 2 is 1.57 bits per heavy atom. The first-order chi connectivity index (χ1) is 16.7. The average Bonchev–Trinajstić information content (AvgIpc) is 2.83. The zero-order chi connectivity index (χ0) is 25.5. The standard InChI is InChI=1S/C23H15Cl4N3O5/c1-34-20-8-12(2-7-19(20)35-23(33)13-3-5-15(25)17(27)9-13)11-28-30-22(32)21(31)29-18-10-14(24)4-6-16(18)26/h2-11H,1H3,(H,29,31)(H,30,32)/b28-11-. The predicted molar refractivity (Wildman–Crippen MR) is 135 cm³/mol. The summed E-state index contributed by atoms with van der Waals surface area (Å²) in [6.45, 7) is 0. The number of hydrogen-bond acceptors (Lipinski definition) is 6. The van der Waals surface area contributed by atoms with E-state index in [4.69, 9.17) is 55.9 Å². The Labute approximate surface area is 219 Å². The van der Waals surface area contributed by atoms with Crippen LogP contribution >= 0.6 is 46.4 Å². The molecule has 2 amide bonds. The zero-order valence-electron chi connectivity index (χ0n) is 17.8. The highest BCUT2D eigenvalue weighted by molar-refractivity contribution is 6.42. The molecule has 0 fully saturated rings. The molecule has 35 heavy (non-hydrogen) atoms. The van der Waals surface area contributed by atoms with Crippen LogP contribution in [0.5, 0.6) is 11.5 Å². The van der Waals surface area contributed by atoms with E-state index < -0.39 is 17.8 Å². The number of benzene rings is 3. The lowest BCUT2D eigenvalue weighted by Gasteiger charge is -2.10. The normalized spacial score (nSPS) is 10.7. The molecule has 0 aliphatic heterocycles. The molecule has 0 unspecified atom stereocenters. The van der Waals surface area contributed by atoms with Crippen molar-refractivity contribution in [2.45, 2.75) is 0 Å². The molecular formula is C23H15Cl4N3O5. The molecule has 0 saturated heterocycles. The highest BCUT2D eigenvalue weighted by Crippen LogP contribution is 2.29. The van der Waals surface area contributed by atoms with Crippen LogP contribution in [0.1, 0.15) is 15.9 Å². The van der Waals surface area contributed by atoms with Gasteiger partial charge in [-0.2, -0.15) is 5.10 Å². The maximum absolute atomic E-state index is 12.4. The Bertz CT molecular complexity index is 1330. The summed E-state index contributed by atoms with van der Waals surface area (Å²) >= 11 is 23.6. The number of methoxy groups -OCH3 is 1. The van der Waals surface area contributed by atoms with Crippen molar-refractivity contribution in [3.63, 3.8) is 0 Å². The van der Waals surface area contributed by atoms with E-state index in [-0.39, 0.29) is 32.8 Å². The smallest absolute Gasteiger partial charge is 0.343 e. The third-order valence-corrected chi connectivity index (χ3v) is 5.61. The lowest BCUT2D eigenvalue weighted by Crippen LogP contribution is -2.32. The van der Waals surface area contributed by atoms with Crippen molar-refractivity contribution < 1.29 is 23.9 Å². The minimum atomic E-state index is -1.03. The lowest BCUT2D eigenvalue weighted by atomic mass is 10.2. The second-order valence-electron chi connectivity index (χ2n) is 6.71. The lowest BCUT2D eigenvalue weighted by molar-refractivity contribution is -0.136. The van der Waals surface area contributed by atoms with E-state index in [0.29, 0.717) is 15.6 Å². The van der Waals surface area contributed by atoms with E-state index in [2.05, 4.69) is 15.8 Å². The number of carbonyl (C=O) groups is 3. The van der Waals surface area contributed by atoms with Crippen LogP contribution in [0.2, 0.25) is 20.1 Å². The van der Waals surface area contributed by atoms with Gasteiger partial charge in [0.2, 0.25) is 0 Å². The van der Waals surface area contributed by atoms with Crippen LogP contribution in [0.25, 0.3) is 0 Å². The van der Waals surface area contributed by atoms with Gasteiger partial charge in [0, 0.05) is 5.02 Å². The van der Waals surface area contributed by atoms with E-state index in [9.17, 15) is 14.4 Å². The van der Waals surface area contributed by atoms with Crippen molar-refractivity contribution in [3.05, 3.63) is 85.8 Å². The summed E-state index contributed by atoms with van der Waals surface area (Å²) in [5.74, 6) is -2.32. The predicted octanol–water partition coefficient (Wildman–Crippen LogP) is 5.62. The molecular weight excluding hydrogens is 540 g/mol. The van der Waals surface area contributed by atoms with E-state index in [1.807, 2.05) is 0 Å². The number of carbonyl (C=O) groups excluding carboxylic acids is 3. The maximum atomic E-state index is 12.4. The number of esters is 1. The second-order valence-corrected chi connectivity index (χ2v) is 8.36. The van der Waals surface area contributed by atoms with E-state index >= 15 is 0 Å². The van der Waals surface area contributed by atoms with Crippen LogP contribution in [0.4, 0.5) is 5.69 Å². The summed E-state index contributed by atoms with van der Waals surface area (Å²) in [6, 6.07) is 13.3. The van der Waals surface area contributed by atoms with Crippen molar-refractivity contribution in [1.82, 2.24) is 5.43 Å². The van der Waals surface area contributed by atoms with Crippen LogP contribution < -0.4 is 20.2 Å². The number of rotatable bonds is 6. The zero-order valence-corrected chi connectivity index (χ0v) is 20.8. The second kappa shape index (κ2) is 11.9. The van der Waals surface area contributed by atoms with Crippen molar-refractivity contribution in [1.29, 1.82) is 0 Å². The Hall–Kier alpha value is -3.30. The van der Waals surface area contributed by atoms with Crippen molar-refractivity contribution in [2.24, 2.45) is 5.10 Å². The Morgan fingerprint density at radius 3 is 2.29 bits per heavy atom. The van der Waals surface area contributed by atoms with E-state index in [0.717, 1.165) is 0 Å². The average molecular weight is 555 g/mol. The van der Waals surface area contributed by atoms with Crippen LogP contribution in [0.15, 0.2) is 59.7 Å². The van der Waals surface area contributed by atoms with E-state index in [1.54, 1.807) is 6.07 Å². The molecule has 2 N–H and O–H groups in total.